The quantitative estimate of drug-likeness (QED) is 0.614. The van der Waals surface area contributed by atoms with Crippen molar-refractivity contribution in [2.75, 3.05) is 25.0 Å². The van der Waals surface area contributed by atoms with Gasteiger partial charge >= 0.3 is 0 Å². The van der Waals surface area contributed by atoms with E-state index < -0.39 is 0 Å². The van der Waals surface area contributed by atoms with Crippen LogP contribution in [0.1, 0.15) is 31.4 Å². The number of amides is 1. The van der Waals surface area contributed by atoms with Crippen LogP contribution in [0.5, 0.6) is 5.75 Å². The lowest BCUT2D eigenvalue weighted by Gasteiger charge is -2.29. The number of ether oxygens (including phenoxy) is 1. The molecule has 1 amide bonds. The Bertz CT molecular complexity index is 994. The molecule has 1 aromatic carbocycles. The van der Waals surface area contributed by atoms with Crippen LogP contribution in [0.3, 0.4) is 0 Å². The Morgan fingerprint density at radius 1 is 1.30 bits per heavy atom. The van der Waals surface area contributed by atoms with E-state index in [0.717, 1.165) is 42.9 Å². The molecule has 158 valence electrons. The monoisotopic (exact) mass is 427 g/mol. The zero-order chi connectivity index (χ0) is 20.9. The average molecular weight is 428 g/mol. The Labute approximate surface area is 179 Å². The number of carbonyl (C=O) groups excluding carboxylic acids is 1. The first kappa shape index (κ1) is 20.5. The van der Waals surface area contributed by atoms with Gasteiger partial charge in [0, 0.05) is 11.3 Å². The van der Waals surface area contributed by atoms with Crippen LogP contribution >= 0.6 is 11.3 Å². The Hall–Kier alpha value is -2.78. The van der Waals surface area contributed by atoms with Crippen LogP contribution < -0.4 is 10.1 Å². The molecule has 0 radical (unpaired) electrons. The van der Waals surface area contributed by atoms with Crippen LogP contribution in [-0.4, -0.2) is 45.6 Å². The van der Waals surface area contributed by atoms with E-state index in [4.69, 9.17) is 9.26 Å². The van der Waals surface area contributed by atoms with E-state index in [0.29, 0.717) is 30.0 Å². The number of piperidine rings is 1. The minimum absolute atomic E-state index is 0.00164. The first-order valence-electron chi connectivity index (χ1n) is 10.1. The number of hydrogen-bond donors (Lipinski definition) is 1. The molecule has 1 fully saturated rings. The maximum absolute atomic E-state index is 12.5. The molecule has 1 saturated heterocycles. The van der Waals surface area contributed by atoms with Crippen molar-refractivity contribution in [3.8, 4) is 17.1 Å². The molecular formula is C21H25N5O3S. The zero-order valence-corrected chi connectivity index (χ0v) is 17.9. The van der Waals surface area contributed by atoms with E-state index in [1.807, 2.05) is 43.5 Å². The number of benzene rings is 1. The van der Waals surface area contributed by atoms with Gasteiger partial charge in [-0.1, -0.05) is 17.3 Å². The number of nitrogens with zero attached hydrogens (tertiary/aromatic N) is 4. The van der Waals surface area contributed by atoms with Crippen molar-refractivity contribution < 1.29 is 14.1 Å². The Morgan fingerprint density at radius 2 is 2.10 bits per heavy atom. The van der Waals surface area contributed by atoms with Crippen LogP contribution in [0.25, 0.3) is 11.4 Å². The lowest BCUT2D eigenvalue weighted by molar-refractivity contribution is -0.121. The molecule has 1 aliphatic heterocycles. The van der Waals surface area contributed by atoms with Crippen molar-refractivity contribution in [2.45, 2.75) is 33.2 Å². The average Bonchev–Trinajstić information content (AvgIpc) is 3.38. The molecule has 0 saturated carbocycles. The summed E-state index contributed by atoms with van der Waals surface area (Å²) in [6.07, 6.45) is 1.59. The van der Waals surface area contributed by atoms with Crippen molar-refractivity contribution in [3.63, 3.8) is 0 Å². The molecule has 0 aliphatic carbocycles. The Morgan fingerprint density at radius 3 is 2.83 bits per heavy atom. The van der Waals surface area contributed by atoms with Gasteiger partial charge in [0.15, 0.2) is 5.13 Å². The highest BCUT2D eigenvalue weighted by molar-refractivity contribution is 7.13. The number of aromatic nitrogens is 3. The maximum Gasteiger partial charge on any atom is 0.241 e. The normalized spacial score (nSPS) is 15.3. The maximum atomic E-state index is 12.5. The first-order chi connectivity index (χ1) is 14.6. The third-order valence-electron chi connectivity index (χ3n) is 5.06. The Balaban J connectivity index is 1.31. The van der Waals surface area contributed by atoms with Crippen LogP contribution in [0.4, 0.5) is 5.13 Å². The Kier molecular flexibility index (Phi) is 6.39. The summed E-state index contributed by atoms with van der Waals surface area (Å²) in [4.78, 5) is 23.6. The summed E-state index contributed by atoms with van der Waals surface area (Å²) >= 11 is 1.46. The van der Waals surface area contributed by atoms with Gasteiger partial charge in [0.25, 0.3) is 0 Å². The molecule has 2 aromatic heterocycles. The fraction of sp³-hybridized carbons (Fsp3) is 0.429. The van der Waals surface area contributed by atoms with Gasteiger partial charge in [0.05, 0.1) is 24.4 Å². The van der Waals surface area contributed by atoms with Crippen molar-refractivity contribution >= 4 is 22.4 Å². The van der Waals surface area contributed by atoms with Gasteiger partial charge in [0.1, 0.15) is 5.75 Å². The number of rotatable bonds is 7. The van der Waals surface area contributed by atoms with Gasteiger partial charge in [0.2, 0.25) is 17.6 Å². The molecule has 0 spiro atoms. The lowest BCUT2D eigenvalue weighted by Crippen LogP contribution is -2.37. The van der Waals surface area contributed by atoms with Gasteiger partial charge in [-0.05, 0) is 51.9 Å². The fourth-order valence-corrected chi connectivity index (χ4v) is 4.22. The van der Waals surface area contributed by atoms with Crippen LogP contribution in [0.2, 0.25) is 0 Å². The third-order valence-corrected chi connectivity index (χ3v) is 5.94. The number of anilines is 1. The number of thiazole rings is 1. The second kappa shape index (κ2) is 9.36. The number of likely N-dealkylation sites (tertiary alicyclic amines) is 1. The summed E-state index contributed by atoms with van der Waals surface area (Å²) in [5.41, 5.74) is 1.75. The van der Waals surface area contributed by atoms with Crippen molar-refractivity contribution in [2.24, 2.45) is 5.92 Å². The summed E-state index contributed by atoms with van der Waals surface area (Å²) in [6.45, 7) is 6.63. The number of hydrogen-bond acceptors (Lipinski definition) is 8. The SMILES string of the molecule is CCOc1ccccc1-c1noc(CN2CCC(C(=O)Nc3nc(C)cs3)CC2)n1. The molecule has 3 aromatic rings. The molecule has 1 aliphatic rings. The molecule has 0 bridgehead atoms. The van der Waals surface area contributed by atoms with Gasteiger partial charge in [-0.3, -0.25) is 9.69 Å². The molecule has 0 unspecified atom stereocenters. The van der Waals surface area contributed by atoms with Crippen LogP contribution in [0, 0.1) is 12.8 Å². The lowest BCUT2D eigenvalue weighted by atomic mass is 9.96. The van der Waals surface area contributed by atoms with Crippen molar-refractivity contribution in [1.82, 2.24) is 20.0 Å². The minimum Gasteiger partial charge on any atom is -0.493 e. The molecule has 3 heterocycles. The summed E-state index contributed by atoms with van der Waals surface area (Å²) < 4.78 is 11.1. The van der Waals surface area contributed by atoms with E-state index in [1.165, 1.54) is 11.3 Å². The fourth-order valence-electron chi connectivity index (χ4n) is 3.52. The van der Waals surface area contributed by atoms with E-state index in [1.54, 1.807) is 0 Å². The second-order valence-electron chi connectivity index (χ2n) is 7.27. The van der Waals surface area contributed by atoms with E-state index in [-0.39, 0.29) is 11.8 Å². The highest BCUT2D eigenvalue weighted by atomic mass is 32.1. The minimum atomic E-state index is 0.00164. The van der Waals surface area contributed by atoms with E-state index in [9.17, 15) is 4.79 Å². The molecule has 8 nitrogen and oxygen atoms in total. The van der Waals surface area contributed by atoms with Crippen molar-refractivity contribution in [3.05, 3.63) is 41.2 Å². The van der Waals surface area contributed by atoms with E-state index in [2.05, 4.69) is 25.3 Å². The standard InChI is InChI=1S/C21H25N5O3S/c1-3-28-17-7-5-4-6-16(17)19-23-18(29-25-19)12-26-10-8-15(9-11-26)20(27)24-21-22-14(2)13-30-21/h4-7,13,15H,3,8-12H2,1-2H3,(H,22,24,27). The summed E-state index contributed by atoms with van der Waals surface area (Å²) in [5.74, 6) is 1.90. The van der Waals surface area contributed by atoms with Gasteiger partial charge < -0.3 is 14.6 Å². The second-order valence-corrected chi connectivity index (χ2v) is 8.13. The summed E-state index contributed by atoms with van der Waals surface area (Å²) in [7, 11) is 0. The van der Waals surface area contributed by atoms with Crippen LogP contribution in [0.15, 0.2) is 34.2 Å². The third kappa shape index (κ3) is 4.85. The molecule has 0 atom stereocenters. The molecule has 4 rings (SSSR count). The van der Waals surface area contributed by atoms with Crippen LogP contribution in [-0.2, 0) is 11.3 Å². The number of aryl methyl sites for hydroxylation is 1. The zero-order valence-electron chi connectivity index (χ0n) is 17.1. The highest BCUT2D eigenvalue weighted by Gasteiger charge is 2.26. The molecule has 1 N–H and O–H groups in total. The largest absolute Gasteiger partial charge is 0.493 e. The molecule has 9 heteroatoms. The predicted octanol–water partition coefficient (Wildman–Crippen LogP) is 3.75. The molecular weight excluding hydrogens is 402 g/mol. The van der Waals surface area contributed by atoms with Gasteiger partial charge in [-0.25, -0.2) is 4.98 Å². The van der Waals surface area contributed by atoms with Gasteiger partial charge in [-0.2, -0.15) is 4.98 Å². The predicted molar refractivity (Wildman–Crippen MR) is 114 cm³/mol. The number of carbonyl (C=O) groups is 1. The number of nitrogens with one attached hydrogen (secondary N) is 1. The van der Waals surface area contributed by atoms with Crippen molar-refractivity contribution in [1.29, 1.82) is 0 Å². The topological polar surface area (TPSA) is 93.4 Å². The first-order valence-corrected chi connectivity index (χ1v) is 11.0. The summed E-state index contributed by atoms with van der Waals surface area (Å²) in [6, 6.07) is 7.67. The smallest absolute Gasteiger partial charge is 0.241 e. The molecule has 30 heavy (non-hydrogen) atoms. The van der Waals surface area contributed by atoms with E-state index >= 15 is 0 Å². The number of para-hydroxylation sites is 1. The highest BCUT2D eigenvalue weighted by Crippen LogP contribution is 2.28. The summed E-state index contributed by atoms with van der Waals surface area (Å²) in [5, 5.41) is 9.66. The van der Waals surface area contributed by atoms with Gasteiger partial charge in [-0.15, -0.1) is 11.3 Å².